The van der Waals surface area contributed by atoms with E-state index in [0.717, 1.165) is 18.4 Å². The van der Waals surface area contributed by atoms with Gasteiger partial charge in [0.2, 0.25) is 5.91 Å². The number of ether oxygens (including phenoxy) is 1. The van der Waals surface area contributed by atoms with Crippen molar-refractivity contribution in [3.8, 4) is 0 Å². The lowest BCUT2D eigenvalue weighted by atomic mass is 9.93. The predicted molar refractivity (Wildman–Crippen MR) is 73.9 cm³/mol. The molecule has 1 saturated heterocycles. The number of likely N-dealkylation sites (tertiary alicyclic amines) is 1. The van der Waals surface area contributed by atoms with Gasteiger partial charge in [0.15, 0.2) is 0 Å². The van der Waals surface area contributed by atoms with Gasteiger partial charge in [-0.15, -0.1) is 0 Å². The number of carbonyl (C=O) groups excluding carboxylic acids is 2. The highest BCUT2D eigenvalue weighted by molar-refractivity contribution is 5.80. The molecule has 0 aliphatic carbocycles. The highest BCUT2D eigenvalue weighted by Gasteiger charge is 2.32. The molecule has 0 radical (unpaired) electrons. The van der Waals surface area contributed by atoms with E-state index in [9.17, 15) is 9.59 Å². The molecule has 1 aromatic heterocycles. The van der Waals surface area contributed by atoms with Crippen LogP contribution in [0.4, 0.5) is 0 Å². The topological polar surface area (TPSA) is 59.5 Å². The fourth-order valence-corrected chi connectivity index (χ4v) is 2.59. The summed E-state index contributed by atoms with van der Waals surface area (Å²) in [4.78, 5) is 29.8. The summed E-state index contributed by atoms with van der Waals surface area (Å²) in [5.74, 6) is -0.385. The third-order valence-electron chi connectivity index (χ3n) is 3.82. The van der Waals surface area contributed by atoms with Gasteiger partial charge < -0.3 is 9.64 Å². The molecule has 1 aromatic rings. The normalized spacial score (nSPS) is 22.4. The zero-order valence-electron chi connectivity index (χ0n) is 11.9. The Hall–Kier alpha value is -1.91. The van der Waals surface area contributed by atoms with Crippen molar-refractivity contribution < 1.29 is 14.3 Å². The Morgan fingerprint density at radius 1 is 1.45 bits per heavy atom. The molecule has 1 amide bonds. The number of methoxy groups -OCH3 is 1. The lowest BCUT2D eigenvalue weighted by molar-refractivity contribution is -0.150. The summed E-state index contributed by atoms with van der Waals surface area (Å²) in [5, 5.41) is 0. The quantitative estimate of drug-likeness (QED) is 0.783. The van der Waals surface area contributed by atoms with E-state index in [1.807, 2.05) is 19.1 Å². The summed E-state index contributed by atoms with van der Waals surface area (Å²) >= 11 is 0. The molecule has 0 spiro atoms. The molecule has 0 bridgehead atoms. The molecule has 5 nitrogen and oxygen atoms in total. The molecule has 1 fully saturated rings. The van der Waals surface area contributed by atoms with Crippen LogP contribution in [-0.2, 0) is 20.7 Å². The van der Waals surface area contributed by atoms with Crippen molar-refractivity contribution in [3.63, 3.8) is 0 Å². The summed E-state index contributed by atoms with van der Waals surface area (Å²) in [5.41, 5.74) is 0.893. The number of carbonyl (C=O) groups is 2. The van der Waals surface area contributed by atoms with Gasteiger partial charge in [-0.2, -0.15) is 0 Å². The summed E-state index contributed by atoms with van der Waals surface area (Å²) in [7, 11) is 1.39. The summed E-state index contributed by atoms with van der Waals surface area (Å²) in [6.07, 6.45) is 5.32. The van der Waals surface area contributed by atoms with Gasteiger partial charge in [0.05, 0.1) is 19.4 Å². The van der Waals surface area contributed by atoms with E-state index in [0.29, 0.717) is 13.0 Å². The molecule has 0 unspecified atom stereocenters. The summed E-state index contributed by atoms with van der Waals surface area (Å²) in [6, 6.07) is 3.87. The molecule has 20 heavy (non-hydrogen) atoms. The van der Waals surface area contributed by atoms with Gasteiger partial charge in [-0.05, 0) is 31.4 Å². The van der Waals surface area contributed by atoms with Gasteiger partial charge in [-0.3, -0.25) is 14.6 Å². The number of piperidine rings is 1. The second kappa shape index (κ2) is 6.50. The average Bonchev–Trinajstić information content (AvgIpc) is 2.48. The van der Waals surface area contributed by atoms with E-state index in [-0.39, 0.29) is 23.8 Å². The second-order valence-corrected chi connectivity index (χ2v) is 5.23. The minimum Gasteiger partial charge on any atom is -0.469 e. The van der Waals surface area contributed by atoms with Gasteiger partial charge >= 0.3 is 5.97 Å². The first-order chi connectivity index (χ1) is 9.61. The van der Waals surface area contributed by atoms with Crippen LogP contribution >= 0.6 is 0 Å². The van der Waals surface area contributed by atoms with Crippen molar-refractivity contribution in [3.05, 3.63) is 30.1 Å². The van der Waals surface area contributed by atoms with Crippen LogP contribution in [0.5, 0.6) is 0 Å². The number of pyridine rings is 1. The van der Waals surface area contributed by atoms with Gasteiger partial charge in [-0.25, -0.2) is 0 Å². The van der Waals surface area contributed by atoms with Crippen LogP contribution in [0.3, 0.4) is 0 Å². The third kappa shape index (κ3) is 3.35. The Labute approximate surface area is 118 Å². The van der Waals surface area contributed by atoms with Gasteiger partial charge in [0.1, 0.15) is 0 Å². The Balaban J connectivity index is 2.01. The van der Waals surface area contributed by atoms with Crippen molar-refractivity contribution in [1.29, 1.82) is 0 Å². The van der Waals surface area contributed by atoms with Crippen LogP contribution in [0.1, 0.15) is 25.3 Å². The maximum atomic E-state index is 12.4. The number of hydrogen-bond acceptors (Lipinski definition) is 4. The molecule has 0 saturated carbocycles. The number of aromatic nitrogens is 1. The van der Waals surface area contributed by atoms with Crippen LogP contribution in [-0.4, -0.2) is 41.5 Å². The summed E-state index contributed by atoms with van der Waals surface area (Å²) < 4.78 is 4.78. The SMILES string of the molecule is COC(=O)[C@@H]1CC[C@H](C)N(C(=O)Cc2cccnc2)C1. The van der Waals surface area contributed by atoms with Crippen molar-refractivity contribution >= 4 is 11.9 Å². The van der Waals surface area contributed by atoms with E-state index in [1.54, 1.807) is 17.3 Å². The van der Waals surface area contributed by atoms with Crippen LogP contribution in [0, 0.1) is 5.92 Å². The van der Waals surface area contributed by atoms with Crippen LogP contribution in [0.2, 0.25) is 0 Å². The molecule has 0 aromatic carbocycles. The minimum atomic E-state index is -0.226. The molecule has 1 aliphatic rings. The Bertz CT molecular complexity index is 475. The average molecular weight is 276 g/mol. The second-order valence-electron chi connectivity index (χ2n) is 5.23. The smallest absolute Gasteiger partial charge is 0.310 e. The molecule has 2 rings (SSSR count). The lowest BCUT2D eigenvalue weighted by Crippen LogP contribution is -2.48. The first-order valence-corrected chi connectivity index (χ1v) is 6.88. The van der Waals surface area contributed by atoms with Crippen molar-refractivity contribution in [2.24, 2.45) is 5.92 Å². The van der Waals surface area contributed by atoms with Crippen LogP contribution in [0.15, 0.2) is 24.5 Å². The van der Waals surface area contributed by atoms with E-state index < -0.39 is 0 Å². The van der Waals surface area contributed by atoms with Gasteiger partial charge in [0.25, 0.3) is 0 Å². The molecule has 1 aliphatic heterocycles. The molecule has 2 atom stereocenters. The predicted octanol–water partition coefficient (Wildman–Crippen LogP) is 1.42. The fraction of sp³-hybridized carbons (Fsp3) is 0.533. The lowest BCUT2D eigenvalue weighted by Gasteiger charge is -2.37. The van der Waals surface area contributed by atoms with Crippen molar-refractivity contribution in [1.82, 2.24) is 9.88 Å². The number of nitrogens with zero attached hydrogens (tertiary/aromatic N) is 2. The van der Waals surface area contributed by atoms with E-state index in [2.05, 4.69) is 4.98 Å². The van der Waals surface area contributed by atoms with E-state index in [1.165, 1.54) is 7.11 Å². The van der Waals surface area contributed by atoms with Crippen LogP contribution in [0.25, 0.3) is 0 Å². The largest absolute Gasteiger partial charge is 0.469 e. The highest BCUT2D eigenvalue weighted by Crippen LogP contribution is 2.23. The van der Waals surface area contributed by atoms with E-state index >= 15 is 0 Å². The molecule has 0 N–H and O–H groups in total. The molecule has 5 heteroatoms. The Morgan fingerprint density at radius 2 is 2.25 bits per heavy atom. The molecular weight excluding hydrogens is 256 g/mol. The number of rotatable bonds is 3. The maximum absolute atomic E-state index is 12.4. The standard InChI is InChI=1S/C15H20N2O3/c1-11-5-6-13(15(19)20-2)10-17(11)14(18)8-12-4-3-7-16-9-12/h3-4,7,9,11,13H,5-6,8,10H2,1-2H3/t11-,13+/m0/s1. The summed E-state index contributed by atoms with van der Waals surface area (Å²) in [6.45, 7) is 2.47. The minimum absolute atomic E-state index is 0.0408. The first kappa shape index (κ1) is 14.5. The monoisotopic (exact) mass is 276 g/mol. The zero-order valence-corrected chi connectivity index (χ0v) is 11.9. The Kier molecular flexibility index (Phi) is 4.71. The fourth-order valence-electron chi connectivity index (χ4n) is 2.59. The first-order valence-electron chi connectivity index (χ1n) is 6.88. The van der Waals surface area contributed by atoms with Crippen LogP contribution < -0.4 is 0 Å². The van der Waals surface area contributed by atoms with Crippen molar-refractivity contribution in [2.75, 3.05) is 13.7 Å². The van der Waals surface area contributed by atoms with Gasteiger partial charge in [0, 0.05) is 25.0 Å². The molecule has 108 valence electrons. The van der Waals surface area contributed by atoms with Crippen molar-refractivity contribution in [2.45, 2.75) is 32.2 Å². The molecule has 2 heterocycles. The number of amides is 1. The highest BCUT2D eigenvalue weighted by atomic mass is 16.5. The number of hydrogen-bond donors (Lipinski definition) is 0. The van der Waals surface area contributed by atoms with E-state index in [4.69, 9.17) is 4.74 Å². The zero-order chi connectivity index (χ0) is 14.5. The van der Waals surface area contributed by atoms with Gasteiger partial charge in [-0.1, -0.05) is 6.07 Å². The Morgan fingerprint density at radius 3 is 2.90 bits per heavy atom. The molecular formula is C15H20N2O3. The number of esters is 1. The maximum Gasteiger partial charge on any atom is 0.310 e. The third-order valence-corrected chi connectivity index (χ3v) is 3.82.